The van der Waals surface area contributed by atoms with Crippen LogP contribution in [0.2, 0.25) is 0 Å². The Morgan fingerprint density at radius 3 is 2.48 bits per heavy atom. The molecule has 9 nitrogen and oxygen atoms in total. The molecule has 1 saturated heterocycles. The average Bonchev–Trinajstić information content (AvgIpc) is 2.94. The Morgan fingerprint density at radius 2 is 1.80 bits per heavy atom. The normalized spacial score (nSPS) is 15.9. The maximum Gasteiger partial charge on any atom is 0.410 e. The molecule has 40 heavy (non-hydrogen) atoms. The van der Waals surface area contributed by atoms with Gasteiger partial charge in [-0.3, -0.25) is 4.79 Å². The number of ether oxygens (including phenoxy) is 2. The van der Waals surface area contributed by atoms with Gasteiger partial charge in [0.15, 0.2) is 0 Å². The number of anilines is 1. The van der Waals surface area contributed by atoms with Gasteiger partial charge < -0.3 is 29.9 Å². The summed E-state index contributed by atoms with van der Waals surface area (Å²) < 4.78 is 11.0. The lowest BCUT2D eigenvalue weighted by molar-refractivity contribution is -0.123. The fourth-order valence-electron chi connectivity index (χ4n) is 4.37. The van der Waals surface area contributed by atoms with E-state index in [1.165, 1.54) is 0 Å². The quantitative estimate of drug-likeness (QED) is 0.407. The summed E-state index contributed by atoms with van der Waals surface area (Å²) in [7, 11) is 0. The van der Waals surface area contributed by atoms with E-state index in [4.69, 9.17) is 9.47 Å². The van der Waals surface area contributed by atoms with Gasteiger partial charge in [-0.1, -0.05) is 54.6 Å². The molecule has 0 radical (unpaired) electrons. The molecule has 0 aromatic heterocycles. The van der Waals surface area contributed by atoms with Crippen LogP contribution in [0.15, 0.2) is 79.9 Å². The molecule has 1 aliphatic rings. The number of rotatable bonds is 10. The summed E-state index contributed by atoms with van der Waals surface area (Å²) in [6.45, 7) is 14.4. The van der Waals surface area contributed by atoms with E-state index in [0.717, 1.165) is 16.8 Å². The molecule has 9 heteroatoms. The fraction of sp³-hybridized carbons (Fsp3) is 0.387. The maximum absolute atomic E-state index is 13.2. The summed E-state index contributed by atoms with van der Waals surface area (Å²) in [6.07, 6.45) is 2.85. The van der Waals surface area contributed by atoms with Gasteiger partial charge in [-0.15, -0.1) is 13.2 Å². The summed E-state index contributed by atoms with van der Waals surface area (Å²) in [5.41, 5.74) is 1.90. The van der Waals surface area contributed by atoms with E-state index in [2.05, 4.69) is 23.8 Å². The molecule has 1 aliphatic heterocycles. The number of hydrogen-bond donors (Lipinski definition) is 2. The molecule has 2 N–H and O–H groups in total. The zero-order valence-electron chi connectivity index (χ0n) is 23.6. The molecule has 2 atom stereocenters. The molecule has 2 aromatic carbocycles. The fourth-order valence-corrected chi connectivity index (χ4v) is 4.37. The Morgan fingerprint density at radius 1 is 1.05 bits per heavy atom. The Labute approximate surface area is 236 Å². The third-order valence-corrected chi connectivity index (χ3v) is 6.27. The minimum Gasteiger partial charge on any atom is -0.445 e. The summed E-state index contributed by atoms with van der Waals surface area (Å²) in [6, 6.07) is 16.1. The van der Waals surface area contributed by atoms with Crippen molar-refractivity contribution in [3.63, 3.8) is 0 Å². The van der Waals surface area contributed by atoms with E-state index in [-0.39, 0.29) is 25.1 Å². The number of hydrogen-bond acceptors (Lipinski definition) is 6. The zero-order valence-corrected chi connectivity index (χ0v) is 23.6. The molecule has 2 aromatic rings. The van der Waals surface area contributed by atoms with Crippen LogP contribution in [0.1, 0.15) is 44.4 Å². The number of benzene rings is 2. The van der Waals surface area contributed by atoms with Gasteiger partial charge in [0.2, 0.25) is 5.91 Å². The first-order valence-electron chi connectivity index (χ1n) is 13.4. The zero-order chi connectivity index (χ0) is 29.1. The van der Waals surface area contributed by atoms with Crippen molar-refractivity contribution >= 4 is 23.8 Å². The molecule has 0 saturated carbocycles. The van der Waals surface area contributed by atoms with Crippen LogP contribution in [-0.2, 0) is 20.9 Å². The van der Waals surface area contributed by atoms with Crippen LogP contribution >= 0.6 is 0 Å². The van der Waals surface area contributed by atoms with Crippen molar-refractivity contribution in [1.82, 2.24) is 15.5 Å². The topological polar surface area (TPSA) is 100 Å². The van der Waals surface area contributed by atoms with Crippen molar-refractivity contribution in [2.45, 2.75) is 51.5 Å². The van der Waals surface area contributed by atoms with E-state index >= 15 is 0 Å². The van der Waals surface area contributed by atoms with Crippen molar-refractivity contribution < 1.29 is 23.9 Å². The highest BCUT2D eigenvalue weighted by Gasteiger charge is 2.36. The Balaban J connectivity index is 1.78. The first kappa shape index (κ1) is 30.3. The van der Waals surface area contributed by atoms with Gasteiger partial charge in [0.05, 0.1) is 12.6 Å². The molecule has 0 bridgehead atoms. The predicted molar refractivity (Wildman–Crippen MR) is 156 cm³/mol. The Kier molecular flexibility index (Phi) is 10.8. The number of alkyl carbamates (subject to hydrolysis) is 1. The SMILES string of the molecule is C=CCNC(=O)[C@H]1CN(C(=O)OC(C)(C)C)CCN1c1cccc(C(CC=C)NC(=O)OCc2ccccc2)c1. The molecular formula is C31H40N4O5. The van der Waals surface area contributed by atoms with Crippen LogP contribution < -0.4 is 15.5 Å². The van der Waals surface area contributed by atoms with Gasteiger partial charge >= 0.3 is 12.2 Å². The van der Waals surface area contributed by atoms with Crippen LogP contribution in [0.5, 0.6) is 0 Å². The second-order valence-corrected chi connectivity index (χ2v) is 10.5. The lowest BCUT2D eigenvalue weighted by Gasteiger charge is -2.42. The number of amides is 3. The maximum atomic E-state index is 13.2. The minimum atomic E-state index is -0.641. The van der Waals surface area contributed by atoms with Crippen molar-refractivity contribution in [2.75, 3.05) is 31.1 Å². The van der Waals surface area contributed by atoms with Crippen molar-refractivity contribution in [2.24, 2.45) is 0 Å². The highest BCUT2D eigenvalue weighted by Crippen LogP contribution is 2.27. The van der Waals surface area contributed by atoms with Gasteiger partial charge in [0, 0.05) is 25.3 Å². The predicted octanol–water partition coefficient (Wildman–Crippen LogP) is 4.96. The number of nitrogens with one attached hydrogen (secondary N) is 2. The van der Waals surface area contributed by atoms with Crippen LogP contribution in [0.4, 0.5) is 15.3 Å². The molecule has 0 spiro atoms. The lowest BCUT2D eigenvalue weighted by Crippen LogP contribution is -2.60. The van der Waals surface area contributed by atoms with E-state index in [9.17, 15) is 14.4 Å². The third-order valence-electron chi connectivity index (χ3n) is 6.27. The highest BCUT2D eigenvalue weighted by atomic mass is 16.6. The second kappa shape index (κ2) is 14.2. The average molecular weight is 549 g/mol. The second-order valence-electron chi connectivity index (χ2n) is 10.5. The van der Waals surface area contributed by atoms with E-state index < -0.39 is 23.8 Å². The summed E-state index contributed by atoms with van der Waals surface area (Å²) in [5.74, 6) is -0.219. The van der Waals surface area contributed by atoms with Gasteiger partial charge in [0.1, 0.15) is 18.2 Å². The van der Waals surface area contributed by atoms with Crippen LogP contribution in [0, 0.1) is 0 Å². The van der Waals surface area contributed by atoms with E-state index in [0.29, 0.717) is 26.1 Å². The van der Waals surface area contributed by atoms with Gasteiger partial charge in [-0.2, -0.15) is 0 Å². The Hall–Kier alpha value is -4.27. The molecule has 0 aliphatic carbocycles. The van der Waals surface area contributed by atoms with Gasteiger partial charge in [0.25, 0.3) is 0 Å². The number of carbonyl (C=O) groups excluding carboxylic acids is 3. The van der Waals surface area contributed by atoms with Gasteiger partial charge in [-0.05, 0) is 50.5 Å². The lowest BCUT2D eigenvalue weighted by atomic mass is 10.0. The monoisotopic (exact) mass is 548 g/mol. The minimum absolute atomic E-state index is 0.164. The molecule has 1 fully saturated rings. The van der Waals surface area contributed by atoms with Crippen molar-refractivity contribution in [3.8, 4) is 0 Å². The number of piperazine rings is 1. The molecule has 3 amide bonds. The summed E-state index contributed by atoms with van der Waals surface area (Å²) >= 11 is 0. The van der Waals surface area contributed by atoms with E-state index in [1.807, 2.05) is 80.3 Å². The van der Waals surface area contributed by atoms with Gasteiger partial charge in [-0.25, -0.2) is 9.59 Å². The molecule has 1 unspecified atom stereocenters. The molecule has 3 rings (SSSR count). The smallest absolute Gasteiger partial charge is 0.410 e. The van der Waals surface area contributed by atoms with Crippen molar-refractivity contribution in [3.05, 3.63) is 91.0 Å². The highest BCUT2D eigenvalue weighted by molar-refractivity contribution is 5.87. The van der Waals surface area contributed by atoms with Crippen LogP contribution in [0.25, 0.3) is 0 Å². The largest absolute Gasteiger partial charge is 0.445 e. The summed E-state index contributed by atoms with van der Waals surface area (Å²) in [5, 5.41) is 5.79. The Bertz CT molecular complexity index is 1180. The van der Waals surface area contributed by atoms with E-state index in [1.54, 1.807) is 17.1 Å². The summed E-state index contributed by atoms with van der Waals surface area (Å²) in [4.78, 5) is 42.1. The standard InChI is InChI=1S/C31H40N4O5/c1-6-12-26(33-29(37)39-22-23-13-9-8-10-14-23)24-15-11-16-25(20-24)35-19-18-34(30(38)40-31(3,4)5)21-27(35)28(36)32-17-7-2/h6-11,13-16,20,26-27H,1-2,12,17-19,21-22H2,3-5H3,(H,32,36)(H,33,37)/t26?,27-/m1/s1. The number of carbonyl (C=O) groups is 3. The molecular weight excluding hydrogens is 508 g/mol. The molecule has 1 heterocycles. The van der Waals surface area contributed by atoms with Crippen LogP contribution in [-0.4, -0.2) is 60.8 Å². The third kappa shape index (κ3) is 8.90. The molecule has 214 valence electrons. The number of nitrogens with zero attached hydrogens (tertiary/aromatic N) is 2. The first-order chi connectivity index (χ1) is 19.1. The van der Waals surface area contributed by atoms with Crippen molar-refractivity contribution in [1.29, 1.82) is 0 Å². The first-order valence-corrected chi connectivity index (χ1v) is 13.4. The van der Waals surface area contributed by atoms with Crippen LogP contribution in [0.3, 0.4) is 0 Å².